The molecule has 6 atom stereocenters. The van der Waals surface area contributed by atoms with Gasteiger partial charge in [0.2, 0.25) is 23.6 Å². The number of carbonyl (C=O) groups excluding carboxylic acids is 6. The highest BCUT2D eigenvalue weighted by Crippen LogP contribution is 2.46. The van der Waals surface area contributed by atoms with Gasteiger partial charge in [-0.3, -0.25) is 24.0 Å². The zero-order chi connectivity index (χ0) is 46.0. The van der Waals surface area contributed by atoms with Gasteiger partial charge >= 0.3 is 5.97 Å². The molecule has 0 heterocycles. The predicted molar refractivity (Wildman–Crippen MR) is 240 cm³/mol. The molecule has 0 aromatic heterocycles. The Hall–Kier alpha value is -2.88. The van der Waals surface area contributed by atoms with E-state index in [0.29, 0.717) is 11.1 Å². The maximum Gasteiger partial charge on any atom is 0.333 e. The van der Waals surface area contributed by atoms with Crippen LogP contribution in [0.25, 0.3) is 0 Å². The summed E-state index contributed by atoms with van der Waals surface area (Å²) in [5.74, 6) is -2.27. The van der Waals surface area contributed by atoms with Crippen molar-refractivity contribution in [3.8, 4) is 0 Å². The second-order valence-corrected chi connectivity index (χ2v) is 22.7. The Morgan fingerprint density at radius 1 is 0.621 bits per heavy atom. The van der Waals surface area contributed by atoms with E-state index in [1.54, 1.807) is 56.8 Å². The van der Waals surface area contributed by atoms with Crippen LogP contribution in [-0.4, -0.2) is 112 Å². The van der Waals surface area contributed by atoms with Crippen molar-refractivity contribution >= 4 is 57.0 Å². The lowest BCUT2D eigenvalue weighted by molar-refractivity contribution is -0.141. The molecule has 6 N–H and O–H groups in total. The molecule has 0 fully saturated rings. The van der Waals surface area contributed by atoms with Gasteiger partial charge in [-0.05, 0) is 83.6 Å². The van der Waals surface area contributed by atoms with Crippen molar-refractivity contribution in [3.05, 3.63) is 23.3 Å². The highest BCUT2D eigenvalue weighted by atomic mass is 33.1. The molecule has 0 aromatic rings. The molecule has 4 amide bonds. The molecule has 13 nitrogen and oxygen atoms in total. The summed E-state index contributed by atoms with van der Waals surface area (Å²) in [5, 5.41) is 5.85. The lowest BCUT2D eigenvalue weighted by Crippen LogP contribution is -2.61. The van der Waals surface area contributed by atoms with Crippen LogP contribution in [0.5, 0.6) is 0 Å². The molecular formula is C43H78N6O7S2. The molecule has 334 valence electrons. The Morgan fingerprint density at radius 3 is 1.19 bits per heavy atom. The molecule has 0 saturated carbocycles. The van der Waals surface area contributed by atoms with Gasteiger partial charge in [0.25, 0.3) is 0 Å². The zero-order valence-electron chi connectivity index (χ0n) is 39.2. The van der Waals surface area contributed by atoms with E-state index in [4.69, 9.17) is 16.2 Å². The van der Waals surface area contributed by atoms with Crippen LogP contribution in [-0.2, 0) is 33.5 Å². The van der Waals surface area contributed by atoms with Gasteiger partial charge in [-0.15, -0.1) is 0 Å². The van der Waals surface area contributed by atoms with Crippen LogP contribution < -0.4 is 22.1 Å². The summed E-state index contributed by atoms with van der Waals surface area (Å²) in [6.07, 6.45) is 3.51. The summed E-state index contributed by atoms with van der Waals surface area (Å²) in [4.78, 5) is 83.3. The van der Waals surface area contributed by atoms with E-state index < -0.39 is 68.3 Å². The Bertz CT molecular complexity index is 1530. The normalized spacial score (nSPS) is 16.5. The van der Waals surface area contributed by atoms with Gasteiger partial charge in [-0.2, -0.15) is 0 Å². The second kappa shape index (κ2) is 22.1. The standard InChI is InChI=1S/C43H78N6O7S2/c1-21-56-39(55)27(7)23-30(25(4)5)49(20)38(54)34(41(12,13)14)47-36(52)32(45)43(17,18)58-57-42(15,16)31(44)35(51)46-33(40(9,10)11)37(53)48(19)29(24(2)3)22-26(6)28(8)50/h22-25,29-34H,21,44-45H2,1-20H3,(H,46,51)(H,47,52)/b26-22+,27-23+/t29-,30-,31-,32?,33-,34-/m1/s1. The van der Waals surface area contributed by atoms with Crippen molar-refractivity contribution in [2.75, 3.05) is 20.7 Å². The Morgan fingerprint density at radius 2 is 0.931 bits per heavy atom. The van der Waals surface area contributed by atoms with E-state index in [0.717, 1.165) is 0 Å². The molecule has 58 heavy (non-hydrogen) atoms. The number of allylic oxidation sites excluding steroid dienone is 1. The number of ketones is 1. The number of nitrogens with one attached hydrogen (secondary N) is 2. The van der Waals surface area contributed by atoms with E-state index in [2.05, 4.69) is 10.6 Å². The first-order chi connectivity index (χ1) is 26.1. The maximum atomic E-state index is 14.1. The van der Waals surface area contributed by atoms with Crippen LogP contribution in [0.15, 0.2) is 23.3 Å². The van der Waals surface area contributed by atoms with Crippen molar-refractivity contribution in [1.29, 1.82) is 0 Å². The molecule has 0 spiro atoms. The van der Waals surface area contributed by atoms with E-state index >= 15 is 0 Å². The third kappa shape index (κ3) is 15.9. The van der Waals surface area contributed by atoms with Crippen molar-refractivity contribution in [1.82, 2.24) is 20.4 Å². The monoisotopic (exact) mass is 855 g/mol. The average Bonchev–Trinajstić information content (AvgIpc) is 3.09. The van der Waals surface area contributed by atoms with Gasteiger partial charge in [0.1, 0.15) is 12.1 Å². The number of nitrogens with zero attached hydrogens (tertiary/aromatic N) is 2. The SMILES string of the molecule is CCOC(=O)/C(C)=C/[C@H](C(C)C)N(C)C(=O)[C@@H](NC(=O)C(N)C(C)(C)SSC(C)(C)[C@H](N)C(=O)N[C@H](C(=O)N(C)[C@H](/C=C(\C)C(C)=O)C(C)C)C(C)(C)C)C(C)(C)C. The van der Waals surface area contributed by atoms with Crippen LogP contribution in [0, 0.1) is 22.7 Å². The minimum absolute atomic E-state index is 0.000219. The molecule has 0 aliphatic rings. The number of ether oxygens (including phenoxy) is 1. The topological polar surface area (TPSA) is 194 Å². The lowest BCUT2D eigenvalue weighted by atomic mass is 9.84. The molecule has 0 aliphatic heterocycles. The second-order valence-electron chi connectivity index (χ2n) is 19.3. The Kier molecular flexibility index (Phi) is 21.0. The van der Waals surface area contributed by atoms with Gasteiger partial charge in [0.15, 0.2) is 5.78 Å². The Balaban J connectivity index is 6.18. The first kappa shape index (κ1) is 55.1. The van der Waals surface area contributed by atoms with Crippen molar-refractivity contribution in [2.45, 2.75) is 170 Å². The fourth-order valence-corrected chi connectivity index (χ4v) is 8.62. The van der Waals surface area contributed by atoms with E-state index in [1.807, 2.05) is 96.9 Å². The summed E-state index contributed by atoms with van der Waals surface area (Å²) in [6.45, 7) is 33.1. The van der Waals surface area contributed by atoms with Crippen LogP contribution in [0.4, 0.5) is 0 Å². The minimum Gasteiger partial charge on any atom is -0.463 e. The molecule has 0 aromatic carbocycles. The number of carbonyl (C=O) groups is 6. The molecular weight excluding hydrogens is 777 g/mol. The number of rotatable bonds is 20. The molecule has 0 aliphatic carbocycles. The molecule has 0 bridgehead atoms. The minimum atomic E-state index is -1.08. The first-order valence-electron chi connectivity index (χ1n) is 20.1. The number of hydrogen-bond donors (Lipinski definition) is 4. The number of likely N-dealkylation sites (N-methyl/N-ethyl adjacent to an activating group) is 2. The summed E-state index contributed by atoms with van der Waals surface area (Å²) in [5.41, 5.74) is 12.8. The third-order valence-electron chi connectivity index (χ3n) is 10.3. The number of Topliss-reactive ketones (excluding diaryl/α,β-unsaturated/α-hetero) is 1. The van der Waals surface area contributed by atoms with Gasteiger partial charge < -0.3 is 36.6 Å². The summed E-state index contributed by atoms with van der Waals surface area (Å²) in [7, 11) is 5.94. The van der Waals surface area contributed by atoms with E-state index in [1.165, 1.54) is 28.5 Å². The zero-order valence-corrected chi connectivity index (χ0v) is 40.8. The average molecular weight is 855 g/mol. The van der Waals surface area contributed by atoms with Gasteiger partial charge in [0, 0.05) is 29.2 Å². The first-order valence-corrected chi connectivity index (χ1v) is 22.3. The third-order valence-corrected chi connectivity index (χ3v) is 14.6. The van der Waals surface area contributed by atoms with E-state index in [-0.39, 0.29) is 42.1 Å². The molecule has 1 unspecified atom stereocenters. The Labute approximate surface area is 358 Å². The summed E-state index contributed by atoms with van der Waals surface area (Å²) in [6, 6.07) is -4.84. The van der Waals surface area contributed by atoms with Gasteiger partial charge in [0.05, 0.1) is 30.8 Å². The summed E-state index contributed by atoms with van der Waals surface area (Å²) >= 11 is 0. The number of esters is 1. The van der Waals surface area contributed by atoms with Crippen molar-refractivity contribution in [3.63, 3.8) is 0 Å². The lowest BCUT2D eigenvalue weighted by Gasteiger charge is -2.40. The number of amides is 4. The van der Waals surface area contributed by atoms with E-state index in [9.17, 15) is 28.8 Å². The molecule has 0 rings (SSSR count). The van der Waals surface area contributed by atoms with Gasteiger partial charge in [-0.1, -0.05) is 103 Å². The molecule has 0 radical (unpaired) electrons. The largest absolute Gasteiger partial charge is 0.463 e. The quantitative estimate of drug-likeness (QED) is 0.0672. The van der Waals surface area contributed by atoms with Crippen LogP contribution in [0.3, 0.4) is 0 Å². The van der Waals surface area contributed by atoms with Crippen molar-refractivity contribution < 1.29 is 33.5 Å². The van der Waals surface area contributed by atoms with Crippen molar-refractivity contribution in [2.24, 2.45) is 34.1 Å². The highest BCUT2D eigenvalue weighted by molar-refractivity contribution is 8.77. The fraction of sp³-hybridized carbons (Fsp3) is 0.767. The summed E-state index contributed by atoms with van der Waals surface area (Å²) < 4.78 is 3.35. The number of nitrogens with two attached hydrogens (primary N) is 2. The molecule has 0 saturated heterocycles. The predicted octanol–water partition coefficient (Wildman–Crippen LogP) is 5.65. The maximum absolute atomic E-state index is 14.1. The van der Waals surface area contributed by atoms with Crippen LogP contribution in [0.2, 0.25) is 0 Å². The van der Waals surface area contributed by atoms with Gasteiger partial charge in [-0.25, -0.2) is 4.79 Å². The van der Waals surface area contributed by atoms with Crippen LogP contribution >= 0.6 is 21.6 Å². The fourth-order valence-electron chi connectivity index (χ4n) is 5.86. The smallest absolute Gasteiger partial charge is 0.333 e. The molecule has 15 heteroatoms. The number of hydrogen-bond acceptors (Lipinski definition) is 11. The highest BCUT2D eigenvalue weighted by Gasteiger charge is 2.44. The van der Waals surface area contributed by atoms with Crippen LogP contribution in [0.1, 0.15) is 125 Å².